The first-order valence-corrected chi connectivity index (χ1v) is 10.2. The molecule has 1 aliphatic rings. The van der Waals surface area contributed by atoms with Crippen molar-refractivity contribution in [2.45, 2.75) is 32.9 Å². The molecule has 10 heteroatoms. The normalized spacial score (nSPS) is 19.7. The van der Waals surface area contributed by atoms with Crippen LogP contribution in [0.1, 0.15) is 19.7 Å². The molecule has 0 spiro atoms. The number of anilines is 3. The van der Waals surface area contributed by atoms with Gasteiger partial charge in [-0.25, -0.2) is 13.9 Å². The summed E-state index contributed by atoms with van der Waals surface area (Å²) in [6.07, 6.45) is 1.67. The summed E-state index contributed by atoms with van der Waals surface area (Å²) in [5.74, 6) is 0.568. The molecule has 0 unspecified atom stereocenters. The zero-order valence-electron chi connectivity index (χ0n) is 16.9. The number of aromatic amines is 1. The number of pyridine rings is 1. The van der Waals surface area contributed by atoms with E-state index in [2.05, 4.69) is 55.7 Å². The molecule has 3 aromatic heterocycles. The van der Waals surface area contributed by atoms with Crippen molar-refractivity contribution < 1.29 is 4.39 Å². The Kier molecular flexibility index (Phi) is 4.52. The number of aryl methyl sites for hydroxylation is 1. The molecule has 156 valence electrons. The molecular weight excluding hydrogens is 407 g/mol. The second-order valence-electron chi connectivity index (χ2n) is 7.93. The number of benzene rings is 1. The zero-order chi connectivity index (χ0) is 21.0. The number of hydrogen-bond donors (Lipinski definition) is 3. The Labute approximate surface area is 177 Å². The van der Waals surface area contributed by atoms with Crippen LogP contribution in [0.2, 0.25) is 5.02 Å². The molecule has 5 rings (SSSR count). The molecule has 0 radical (unpaired) electrons. The fourth-order valence-electron chi connectivity index (χ4n) is 4.16. The summed E-state index contributed by atoms with van der Waals surface area (Å²) < 4.78 is 15.8. The lowest BCUT2D eigenvalue weighted by Crippen LogP contribution is -2.54. The van der Waals surface area contributed by atoms with Gasteiger partial charge in [-0.2, -0.15) is 10.2 Å². The smallest absolute Gasteiger partial charge is 0.191 e. The maximum atomic E-state index is 14.4. The average molecular weight is 429 g/mol. The first kappa shape index (κ1) is 19.1. The number of H-pyrrole nitrogens is 1. The summed E-state index contributed by atoms with van der Waals surface area (Å²) in [6.45, 7) is 7.88. The highest BCUT2D eigenvalue weighted by atomic mass is 35.5. The average Bonchev–Trinajstić information content (AvgIpc) is 3.24. The van der Waals surface area contributed by atoms with Crippen molar-refractivity contribution >= 4 is 45.3 Å². The summed E-state index contributed by atoms with van der Waals surface area (Å²) in [4.78, 5) is 6.40. The van der Waals surface area contributed by atoms with Gasteiger partial charge in [0.15, 0.2) is 17.3 Å². The van der Waals surface area contributed by atoms with E-state index in [9.17, 15) is 4.39 Å². The predicted molar refractivity (Wildman–Crippen MR) is 116 cm³/mol. The Bertz CT molecular complexity index is 1240. The van der Waals surface area contributed by atoms with Crippen LogP contribution in [0.5, 0.6) is 0 Å². The van der Waals surface area contributed by atoms with Crippen molar-refractivity contribution in [3.8, 4) is 0 Å². The van der Waals surface area contributed by atoms with Crippen LogP contribution < -0.4 is 15.5 Å². The number of halogens is 2. The van der Waals surface area contributed by atoms with Gasteiger partial charge in [-0.3, -0.25) is 5.10 Å². The quantitative estimate of drug-likeness (QED) is 0.462. The van der Waals surface area contributed by atoms with Crippen LogP contribution in [0.3, 0.4) is 0 Å². The third-order valence-electron chi connectivity index (χ3n) is 5.28. The Hall–Kier alpha value is -2.91. The van der Waals surface area contributed by atoms with Gasteiger partial charge in [0.25, 0.3) is 0 Å². The maximum absolute atomic E-state index is 14.4. The molecule has 4 aromatic rings. The summed E-state index contributed by atoms with van der Waals surface area (Å²) in [7, 11) is 0. The fraction of sp³-hybridized carbons (Fsp3) is 0.350. The van der Waals surface area contributed by atoms with E-state index in [0.29, 0.717) is 34.4 Å². The molecular formula is C20H22ClFN8. The summed E-state index contributed by atoms with van der Waals surface area (Å²) in [6, 6.07) is 6.17. The van der Waals surface area contributed by atoms with E-state index < -0.39 is 5.82 Å². The summed E-state index contributed by atoms with van der Waals surface area (Å²) in [5, 5.41) is 19.6. The van der Waals surface area contributed by atoms with E-state index in [0.717, 1.165) is 29.7 Å². The highest BCUT2D eigenvalue weighted by molar-refractivity contribution is 6.36. The van der Waals surface area contributed by atoms with Crippen molar-refractivity contribution in [3.63, 3.8) is 0 Å². The fourth-order valence-corrected chi connectivity index (χ4v) is 4.47. The first-order valence-electron chi connectivity index (χ1n) is 9.85. The molecule has 1 saturated heterocycles. The van der Waals surface area contributed by atoms with Crippen molar-refractivity contribution in [1.82, 2.24) is 30.1 Å². The van der Waals surface area contributed by atoms with E-state index in [-0.39, 0.29) is 5.65 Å². The lowest BCUT2D eigenvalue weighted by atomic mass is 10.1. The monoisotopic (exact) mass is 428 g/mol. The molecule has 30 heavy (non-hydrogen) atoms. The molecule has 0 saturated carbocycles. The Balaban J connectivity index is 1.49. The third kappa shape index (κ3) is 3.33. The Morgan fingerprint density at radius 2 is 1.97 bits per heavy atom. The molecule has 0 bridgehead atoms. The van der Waals surface area contributed by atoms with E-state index in [1.54, 1.807) is 13.1 Å². The minimum absolute atomic E-state index is 0.187. The van der Waals surface area contributed by atoms with Gasteiger partial charge in [-0.05, 0) is 32.9 Å². The number of hydrogen-bond acceptors (Lipinski definition) is 6. The summed E-state index contributed by atoms with van der Waals surface area (Å²) >= 11 is 6.65. The highest BCUT2D eigenvalue weighted by Gasteiger charge is 2.23. The molecule has 0 amide bonds. The van der Waals surface area contributed by atoms with E-state index in [1.165, 1.54) is 10.6 Å². The van der Waals surface area contributed by atoms with Gasteiger partial charge >= 0.3 is 0 Å². The van der Waals surface area contributed by atoms with Crippen LogP contribution in [0.15, 0.2) is 24.4 Å². The highest BCUT2D eigenvalue weighted by Crippen LogP contribution is 2.35. The van der Waals surface area contributed by atoms with E-state index in [4.69, 9.17) is 11.6 Å². The van der Waals surface area contributed by atoms with Crippen LogP contribution in [-0.2, 0) is 0 Å². The van der Waals surface area contributed by atoms with E-state index in [1.807, 2.05) is 6.07 Å². The lowest BCUT2D eigenvalue weighted by molar-refractivity contribution is 0.407. The van der Waals surface area contributed by atoms with Crippen molar-refractivity contribution in [1.29, 1.82) is 0 Å². The minimum Gasteiger partial charge on any atom is -0.368 e. The Morgan fingerprint density at radius 1 is 1.20 bits per heavy atom. The first-order chi connectivity index (χ1) is 14.4. The van der Waals surface area contributed by atoms with Crippen LogP contribution in [0, 0.1) is 12.7 Å². The second-order valence-corrected chi connectivity index (χ2v) is 8.33. The molecule has 0 aliphatic carbocycles. The largest absolute Gasteiger partial charge is 0.368 e. The van der Waals surface area contributed by atoms with Crippen LogP contribution in [0.4, 0.5) is 21.6 Å². The number of nitrogens with zero attached hydrogens (tertiary/aromatic N) is 5. The van der Waals surface area contributed by atoms with E-state index >= 15 is 0 Å². The number of fused-ring (bicyclic) bond motifs is 2. The molecule has 8 nitrogen and oxygen atoms in total. The number of piperazine rings is 1. The van der Waals surface area contributed by atoms with Crippen molar-refractivity contribution in [3.05, 3.63) is 41.1 Å². The standard InChI is InChI=1S/C20H22ClFN8/c1-10-7-29(8-11(2)23-10)14-5-15(21)18-17(6-14)26-27-19(18)25-13-4-16(22)20-24-12(3)28-30(20)9-13/h4-6,9-11,23H,7-8H2,1-3H3,(H2,25,26,27)/t10-,11-/m1/s1. The molecule has 3 N–H and O–H groups in total. The number of nitrogens with one attached hydrogen (secondary N) is 3. The third-order valence-corrected chi connectivity index (χ3v) is 5.58. The molecule has 1 fully saturated rings. The van der Waals surface area contributed by atoms with Crippen molar-refractivity contribution in [2.75, 3.05) is 23.3 Å². The molecule has 1 aliphatic heterocycles. The number of aromatic nitrogens is 5. The zero-order valence-corrected chi connectivity index (χ0v) is 17.6. The topological polar surface area (TPSA) is 86.2 Å². The predicted octanol–water partition coefficient (Wildman–Crippen LogP) is 3.64. The Morgan fingerprint density at radius 3 is 2.73 bits per heavy atom. The summed E-state index contributed by atoms with van der Waals surface area (Å²) in [5.41, 5.74) is 2.56. The van der Waals surface area contributed by atoms with Gasteiger partial charge in [0.1, 0.15) is 5.82 Å². The number of rotatable bonds is 3. The van der Waals surface area contributed by atoms with Crippen LogP contribution in [-0.4, -0.2) is 50.0 Å². The van der Waals surface area contributed by atoms with Gasteiger partial charge in [0.05, 0.1) is 27.8 Å². The molecule has 4 heterocycles. The maximum Gasteiger partial charge on any atom is 0.191 e. The molecule has 2 atom stereocenters. The van der Waals surface area contributed by atoms with Gasteiger partial charge in [0.2, 0.25) is 0 Å². The lowest BCUT2D eigenvalue weighted by Gasteiger charge is -2.37. The van der Waals surface area contributed by atoms with Gasteiger partial charge in [-0.1, -0.05) is 11.6 Å². The second kappa shape index (κ2) is 7.10. The minimum atomic E-state index is -0.462. The van der Waals surface area contributed by atoms with Gasteiger partial charge in [0, 0.05) is 36.9 Å². The van der Waals surface area contributed by atoms with Gasteiger partial charge in [-0.15, -0.1) is 0 Å². The van der Waals surface area contributed by atoms with Gasteiger partial charge < -0.3 is 15.5 Å². The SMILES string of the molecule is Cc1nc2c(F)cc(Nc3n[nH]c4cc(N5C[C@@H](C)N[C@H](C)C5)cc(Cl)c34)cn2n1. The van der Waals surface area contributed by atoms with Crippen LogP contribution >= 0.6 is 11.6 Å². The molecule has 1 aromatic carbocycles. The van der Waals surface area contributed by atoms with Crippen molar-refractivity contribution in [2.24, 2.45) is 0 Å². The van der Waals surface area contributed by atoms with Crippen LogP contribution in [0.25, 0.3) is 16.6 Å².